The summed E-state index contributed by atoms with van der Waals surface area (Å²) in [5.74, 6) is -0.967. The molecule has 0 saturated heterocycles. The van der Waals surface area contributed by atoms with Gasteiger partial charge >= 0.3 is 5.97 Å². The topological polar surface area (TPSA) is 78.0 Å². The molecule has 1 aromatic rings. The van der Waals surface area contributed by atoms with Gasteiger partial charge in [0.15, 0.2) is 0 Å². The van der Waals surface area contributed by atoms with E-state index in [2.05, 4.69) is 15.5 Å². The first kappa shape index (κ1) is 11.7. The van der Waals surface area contributed by atoms with E-state index < -0.39 is 5.97 Å². The molecule has 3 N–H and O–H groups in total. The summed E-state index contributed by atoms with van der Waals surface area (Å²) in [6, 6.07) is 0. The lowest BCUT2D eigenvalue weighted by molar-refractivity contribution is -0.141. The van der Waals surface area contributed by atoms with Crippen LogP contribution in [0.1, 0.15) is 25.3 Å². The van der Waals surface area contributed by atoms with Crippen LogP contribution >= 0.6 is 0 Å². The average Bonchev–Trinajstić information content (AvgIpc) is 2.69. The molecule has 1 atom stereocenters. The van der Waals surface area contributed by atoms with E-state index in [1.54, 1.807) is 13.1 Å². The fraction of sp³-hybridized carbons (Fsp3) is 0.600. The van der Waals surface area contributed by atoms with Gasteiger partial charge in [-0.05, 0) is 19.4 Å². The van der Waals surface area contributed by atoms with Crippen molar-refractivity contribution in [3.63, 3.8) is 0 Å². The van der Waals surface area contributed by atoms with Crippen LogP contribution in [-0.4, -0.2) is 27.8 Å². The standard InChI is InChI=1S/C10H17N3O2/c1-8(10(14)15)3-2-4-11-5-9-6-12-13-7-9/h6-8,11H,2-5H2,1H3,(H,12,13)(H,14,15). The molecule has 0 saturated carbocycles. The second kappa shape index (κ2) is 6.19. The maximum absolute atomic E-state index is 10.5. The van der Waals surface area contributed by atoms with E-state index in [0.29, 0.717) is 6.42 Å². The lowest BCUT2D eigenvalue weighted by Crippen LogP contribution is -2.17. The normalized spacial score (nSPS) is 12.6. The summed E-state index contributed by atoms with van der Waals surface area (Å²) in [6.45, 7) is 3.35. The number of hydrogen-bond acceptors (Lipinski definition) is 3. The molecule has 0 aliphatic heterocycles. The van der Waals surface area contributed by atoms with E-state index >= 15 is 0 Å². The van der Waals surface area contributed by atoms with E-state index in [4.69, 9.17) is 5.11 Å². The first-order chi connectivity index (χ1) is 7.20. The van der Waals surface area contributed by atoms with E-state index in [1.807, 2.05) is 6.20 Å². The third-order valence-corrected chi connectivity index (χ3v) is 2.30. The number of carbonyl (C=O) groups is 1. The number of aromatic nitrogens is 2. The Bertz CT molecular complexity index is 285. The van der Waals surface area contributed by atoms with Crippen LogP contribution in [0.3, 0.4) is 0 Å². The van der Waals surface area contributed by atoms with Crippen LogP contribution in [-0.2, 0) is 11.3 Å². The van der Waals surface area contributed by atoms with Crippen molar-refractivity contribution in [1.29, 1.82) is 0 Å². The molecule has 0 amide bonds. The number of H-pyrrole nitrogens is 1. The summed E-state index contributed by atoms with van der Waals surface area (Å²) in [6.07, 6.45) is 5.21. The Morgan fingerprint density at radius 1 is 1.73 bits per heavy atom. The fourth-order valence-electron chi connectivity index (χ4n) is 1.26. The van der Waals surface area contributed by atoms with Crippen LogP contribution in [0.2, 0.25) is 0 Å². The van der Waals surface area contributed by atoms with Gasteiger partial charge in [0.1, 0.15) is 0 Å². The fourth-order valence-corrected chi connectivity index (χ4v) is 1.26. The summed E-state index contributed by atoms with van der Waals surface area (Å²) in [5.41, 5.74) is 1.11. The Balaban J connectivity index is 2.00. The molecule has 0 aliphatic rings. The predicted octanol–water partition coefficient (Wildman–Crippen LogP) is 1.00. The SMILES string of the molecule is CC(CCCNCc1cn[nH]c1)C(=O)O. The summed E-state index contributed by atoms with van der Waals surface area (Å²) >= 11 is 0. The lowest BCUT2D eigenvalue weighted by Gasteiger charge is -2.06. The first-order valence-corrected chi connectivity index (χ1v) is 5.11. The molecule has 0 aromatic carbocycles. The molecule has 5 nitrogen and oxygen atoms in total. The molecule has 1 aromatic heterocycles. The van der Waals surface area contributed by atoms with Gasteiger partial charge in [-0.15, -0.1) is 0 Å². The smallest absolute Gasteiger partial charge is 0.306 e. The Hall–Kier alpha value is -1.36. The summed E-state index contributed by atoms with van der Waals surface area (Å²) in [7, 11) is 0. The van der Waals surface area contributed by atoms with Gasteiger partial charge in [-0.2, -0.15) is 5.10 Å². The van der Waals surface area contributed by atoms with Crippen molar-refractivity contribution in [3.8, 4) is 0 Å². The van der Waals surface area contributed by atoms with Gasteiger partial charge in [-0.3, -0.25) is 9.89 Å². The van der Waals surface area contributed by atoms with Gasteiger partial charge in [0.2, 0.25) is 0 Å². The number of rotatable bonds is 7. The van der Waals surface area contributed by atoms with Crippen LogP contribution in [0.4, 0.5) is 0 Å². The van der Waals surface area contributed by atoms with Gasteiger partial charge in [0, 0.05) is 18.3 Å². The molecule has 0 aliphatic carbocycles. The molecule has 0 bridgehead atoms. The van der Waals surface area contributed by atoms with E-state index in [1.165, 1.54) is 0 Å². The summed E-state index contributed by atoms with van der Waals surface area (Å²) < 4.78 is 0. The van der Waals surface area contributed by atoms with Crippen molar-refractivity contribution in [1.82, 2.24) is 15.5 Å². The molecular formula is C10H17N3O2. The Labute approximate surface area is 88.9 Å². The van der Waals surface area contributed by atoms with Gasteiger partial charge in [0.25, 0.3) is 0 Å². The predicted molar refractivity (Wildman–Crippen MR) is 56.3 cm³/mol. The van der Waals surface area contributed by atoms with E-state index in [9.17, 15) is 4.79 Å². The number of nitrogens with zero attached hydrogens (tertiary/aromatic N) is 1. The summed E-state index contributed by atoms with van der Waals surface area (Å²) in [5, 5.41) is 18.5. The molecule has 0 radical (unpaired) electrons. The monoisotopic (exact) mass is 211 g/mol. The zero-order chi connectivity index (χ0) is 11.1. The minimum Gasteiger partial charge on any atom is -0.481 e. The molecule has 1 rings (SSSR count). The van der Waals surface area contributed by atoms with Crippen LogP contribution in [0.5, 0.6) is 0 Å². The quantitative estimate of drug-likeness (QED) is 0.588. The third-order valence-electron chi connectivity index (χ3n) is 2.30. The highest BCUT2D eigenvalue weighted by Crippen LogP contribution is 2.04. The zero-order valence-corrected chi connectivity index (χ0v) is 8.86. The molecule has 0 fully saturated rings. The molecule has 5 heteroatoms. The number of aliphatic carboxylic acids is 1. The van der Waals surface area contributed by atoms with Gasteiger partial charge < -0.3 is 10.4 Å². The number of carboxylic acids is 1. The highest BCUT2D eigenvalue weighted by atomic mass is 16.4. The molecule has 1 heterocycles. The van der Waals surface area contributed by atoms with Crippen molar-refractivity contribution >= 4 is 5.97 Å². The van der Waals surface area contributed by atoms with Crippen molar-refractivity contribution in [2.24, 2.45) is 5.92 Å². The molecule has 15 heavy (non-hydrogen) atoms. The van der Waals surface area contributed by atoms with E-state index in [-0.39, 0.29) is 5.92 Å². The zero-order valence-electron chi connectivity index (χ0n) is 8.86. The molecule has 0 spiro atoms. The third kappa shape index (κ3) is 4.60. The number of carboxylic acid groups (broad SMARTS) is 1. The average molecular weight is 211 g/mol. The van der Waals surface area contributed by atoms with Crippen LogP contribution in [0, 0.1) is 5.92 Å². The van der Waals surface area contributed by atoms with Crippen molar-refractivity contribution in [3.05, 3.63) is 18.0 Å². The lowest BCUT2D eigenvalue weighted by atomic mass is 10.1. The Morgan fingerprint density at radius 3 is 3.13 bits per heavy atom. The van der Waals surface area contributed by atoms with Crippen molar-refractivity contribution < 1.29 is 9.90 Å². The molecular weight excluding hydrogens is 194 g/mol. The largest absolute Gasteiger partial charge is 0.481 e. The van der Waals surface area contributed by atoms with Crippen molar-refractivity contribution in [2.75, 3.05) is 6.54 Å². The minimum atomic E-state index is -0.718. The van der Waals surface area contributed by atoms with Gasteiger partial charge in [0.05, 0.1) is 12.1 Å². The number of hydrogen-bond donors (Lipinski definition) is 3. The van der Waals surface area contributed by atoms with E-state index in [0.717, 1.165) is 25.1 Å². The Morgan fingerprint density at radius 2 is 2.53 bits per heavy atom. The second-order valence-electron chi connectivity index (χ2n) is 3.66. The highest BCUT2D eigenvalue weighted by molar-refractivity contribution is 5.69. The maximum atomic E-state index is 10.5. The van der Waals surface area contributed by atoms with Crippen molar-refractivity contribution in [2.45, 2.75) is 26.3 Å². The summed E-state index contributed by atoms with van der Waals surface area (Å²) in [4.78, 5) is 10.5. The molecule has 1 unspecified atom stereocenters. The molecule has 84 valence electrons. The Kier molecular flexibility index (Phi) is 4.83. The minimum absolute atomic E-state index is 0.249. The van der Waals surface area contributed by atoms with Crippen LogP contribution in [0.15, 0.2) is 12.4 Å². The second-order valence-corrected chi connectivity index (χ2v) is 3.66. The van der Waals surface area contributed by atoms with Gasteiger partial charge in [-0.1, -0.05) is 6.92 Å². The van der Waals surface area contributed by atoms with Gasteiger partial charge in [-0.25, -0.2) is 0 Å². The number of nitrogens with one attached hydrogen (secondary N) is 2. The van der Waals surface area contributed by atoms with Crippen LogP contribution in [0.25, 0.3) is 0 Å². The number of aromatic amines is 1. The maximum Gasteiger partial charge on any atom is 0.306 e. The first-order valence-electron chi connectivity index (χ1n) is 5.11. The van der Waals surface area contributed by atoms with Crippen LogP contribution < -0.4 is 5.32 Å². The highest BCUT2D eigenvalue weighted by Gasteiger charge is 2.09.